The Kier molecular flexibility index (Phi) is 11.9. The van der Waals surface area contributed by atoms with Crippen molar-refractivity contribution in [3.8, 4) is 5.75 Å². The van der Waals surface area contributed by atoms with E-state index in [2.05, 4.69) is 16.0 Å². The Balaban J connectivity index is 3.06. The van der Waals surface area contributed by atoms with Gasteiger partial charge in [0.1, 0.15) is 29.9 Å². The van der Waals surface area contributed by atoms with Gasteiger partial charge in [0.2, 0.25) is 23.6 Å². The minimum atomic E-state index is -1.76. The second kappa shape index (κ2) is 14.4. The predicted octanol–water partition coefficient (Wildman–Crippen LogP) is -3.08. The first-order chi connectivity index (χ1) is 17.2. The first kappa shape index (κ1) is 30.8. The topological polar surface area (TPSA) is 271 Å². The summed E-state index contributed by atoms with van der Waals surface area (Å²) in [5, 5.41) is 44.0. The van der Waals surface area contributed by atoms with E-state index >= 15 is 0 Å². The number of aliphatic carboxylic acids is 2. The fraction of sp³-hybridized carbons (Fsp3) is 0.455. The lowest BCUT2D eigenvalue weighted by Crippen LogP contribution is -2.58. The van der Waals surface area contributed by atoms with Crippen molar-refractivity contribution < 1.29 is 49.2 Å². The molecule has 4 amide bonds. The third-order valence-corrected chi connectivity index (χ3v) is 5.14. The number of carbonyl (C=O) groups excluding carboxylic acids is 4. The molecule has 0 spiro atoms. The van der Waals surface area contributed by atoms with Crippen LogP contribution in [0.25, 0.3) is 0 Å². The zero-order valence-electron chi connectivity index (χ0n) is 19.9. The molecule has 0 heterocycles. The molecule has 0 saturated heterocycles. The number of phenols is 1. The Hall–Kier alpha value is -4.24. The van der Waals surface area contributed by atoms with Crippen molar-refractivity contribution in [2.45, 2.75) is 62.9 Å². The van der Waals surface area contributed by atoms with Crippen molar-refractivity contribution in [3.05, 3.63) is 29.8 Å². The van der Waals surface area contributed by atoms with Crippen LogP contribution >= 0.6 is 0 Å². The number of aromatic hydroxyl groups is 1. The van der Waals surface area contributed by atoms with Gasteiger partial charge in [0.15, 0.2) is 0 Å². The Morgan fingerprint density at radius 2 is 1.38 bits per heavy atom. The van der Waals surface area contributed by atoms with Gasteiger partial charge in [-0.15, -0.1) is 0 Å². The van der Waals surface area contributed by atoms with Crippen molar-refractivity contribution in [1.29, 1.82) is 0 Å². The molecular formula is C22H31N5O10. The van der Waals surface area contributed by atoms with Crippen LogP contribution in [0.4, 0.5) is 0 Å². The fourth-order valence-corrected chi connectivity index (χ4v) is 3.04. The number of phenolic OH excluding ortho intramolecular Hbond substituents is 1. The Morgan fingerprint density at radius 3 is 1.86 bits per heavy atom. The number of aliphatic hydroxyl groups is 1. The van der Waals surface area contributed by atoms with Crippen LogP contribution in [0.15, 0.2) is 24.3 Å². The van der Waals surface area contributed by atoms with Gasteiger partial charge in [-0.25, -0.2) is 4.79 Å². The average Bonchev–Trinajstić information content (AvgIpc) is 2.80. The van der Waals surface area contributed by atoms with Crippen LogP contribution in [0.3, 0.4) is 0 Å². The number of hydrogen-bond acceptors (Lipinski definition) is 9. The number of carboxylic acid groups (broad SMARTS) is 2. The summed E-state index contributed by atoms with van der Waals surface area (Å²) in [5.74, 6) is -6.98. The van der Waals surface area contributed by atoms with E-state index in [1.807, 2.05) is 0 Å². The lowest BCUT2D eigenvalue weighted by Gasteiger charge is -2.25. The van der Waals surface area contributed by atoms with Gasteiger partial charge in [-0.1, -0.05) is 12.1 Å². The van der Waals surface area contributed by atoms with E-state index in [1.54, 1.807) is 0 Å². The zero-order valence-corrected chi connectivity index (χ0v) is 19.9. The molecule has 204 valence electrons. The molecule has 0 aliphatic heterocycles. The molecule has 15 nitrogen and oxygen atoms in total. The highest BCUT2D eigenvalue weighted by atomic mass is 16.4. The number of nitrogens with two attached hydrogens (primary N) is 2. The maximum Gasteiger partial charge on any atom is 0.326 e. The quantitative estimate of drug-likeness (QED) is 0.111. The molecule has 0 radical (unpaired) electrons. The monoisotopic (exact) mass is 525 g/mol. The van der Waals surface area contributed by atoms with Gasteiger partial charge in [0, 0.05) is 12.8 Å². The van der Waals surface area contributed by atoms with Crippen LogP contribution in [0.1, 0.15) is 31.7 Å². The van der Waals surface area contributed by atoms with Crippen LogP contribution in [-0.4, -0.2) is 86.3 Å². The van der Waals surface area contributed by atoms with Gasteiger partial charge in [-0.05, 0) is 31.0 Å². The maximum absolute atomic E-state index is 12.8. The average molecular weight is 526 g/mol. The maximum atomic E-state index is 12.8. The SMILES string of the molecule is CC(O)C(N)C(=O)NC(CCC(N)=O)C(=O)NC(CC(=O)O)C(=O)NC(Cc1ccc(O)cc1)C(=O)O. The second-order valence-electron chi connectivity index (χ2n) is 8.26. The largest absolute Gasteiger partial charge is 0.508 e. The van der Waals surface area contributed by atoms with E-state index in [-0.39, 0.29) is 25.0 Å². The van der Waals surface area contributed by atoms with E-state index in [9.17, 15) is 49.2 Å². The molecule has 0 aliphatic carbocycles. The number of nitrogens with one attached hydrogen (secondary N) is 3. The second-order valence-corrected chi connectivity index (χ2v) is 8.26. The molecule has 11 N–H and O–H groups in total. The van der Waals surface area contributed by atoms with Gasteiger partial charge >= 0.3 is 11.9 Å². The molecule has 5 unspecified atom stereocenters. The number of benzene rings is 1. The van der Waals surface area contributed by atoms with Crippen LogP contribution in [-0.2, 0) is 35.2 Å². The molecule has 0 aromatic heterocycles. The van der Waals surface area contributed by atoms with Gasteiger partial charge in [0.05, 0.1) is 12.5 Å². The number of primary amides is 1. The summed E-state index contributed by atoms with van der Waals surface area (Å²) in [4.78, 5) is 72.0. The smallest absolute Gasteiger partial charge is 0.326 e. The van der Waals surface area contributed by atoms with Crippen molar-refractivity contribution in [2.75, 3.05) is 0 Å². The molecule has 0 bridgehead atoms. The third kappa shape index (κ3) is 10.9. The summed E-state index contributed by atoms with van der Waals surface area (Å²) in [7, 11) is 0. The highest BCUT2D eigenvalue weighted by molar-refractivity contribution is 5.96. The lowest BCUT2D eigenvalue weighted by atomic mass is 10.0. The minimum Gasteiger partial charge on any atom is -0.508 e. The predicted molar refractivity (Wildman–Crippen MR) is 126 cm³/mol. The number of rotatable bonds is 15. The van der Waals surface area contributed by atoms with Crippen LogP contribution < -0.4 is 27.4 Å². The molecular weight excluding hydrogens is 494 g/mol. The van der Waals surface area contributed by atoms with E-state index < -0.39 is 72.3 Å². The van der Waals surface area contributed by atoms with Gasteiger partial charge < -0.3 is 47.8 Å². The first-order valence-corrected chi connectivity index (χ1v) is 11.1. The van der Waals surface area contributed by atoms with E-state index in [1.165, 1.54) is 31.2 Å². The molecule has 37 heavy (non-hydrogen) atoms. The van der Waals surface area contributed by atoms with Gasteiger partial charge in [-0.2, -0.15) is 0 Å². The normalized spacial score (nSPS) is 14.8. The van der Waals surface area contributed by atoms with Crippen molar-refractivity contribution in [3.63, 3.8) is 0 Å². The molecule has 1 rings (SSSR count). The molecule has 5 atom stereocenters. The summed E-state index contributed by atoms with van der Waals surface area (Å²) < 4.78 is 0. The van der Waals surface area contributed by atoms with Crippen LogP contribution in [0.2, 0.25) is 0 Å². The summed E-state index contributed by atoms with van der Waals surface area (Å²) in [6, 6.07) is -0.708. The molecule has 15 heteroatoms. The van der Waals surface area contributed by atoms with Crippen molar-refractivity contribution >= 4 is 35.6 Å². The fourth-order valence-electron chi connectivity index (χ4n) is 3.04. The minimum absolute atomic E-state index is 0.0590. The van der Waals surface area contributed by atoms with Crippen molar-refractivity contribution in [1.82, 2.24) is 16.0 Å². The first-order valence-electron chi connectivity index (χ1n) is 11.1. The Bertz CT molecular complexity index is 998. The lowest BCUT2D eigenvalue weighted by molar-refractivity contribution is -0.143. The third-order valence-electron chi connectivity index (χ3n) is 5.14. The summed E-state index contributed by atoms with van der Waals surface area (Å²) >= 11 is 0. The highest BCUT2D eigenvalue weighted by Gasteiger charge is 2.32. The molecule has 1 aromatic carbocycles. The van der Waals surface area contributed by atoms with Gasteiger partial charge in [-0.3, -0.25) is 24.0 Å². The summed E-state index contributed by atoms with van der Waals surface area (Å²) in [6.45, 7) is 1.23. The number of carbonyl (C=O) groups is 6. The molecule has 0 fully saturated rings. The highest BCUT2D eigenvalue weighted by Crippen LogP contribution is 2.12. The van der Waals surface area contributed by atoms with Crippen LogP contribution in [0.5, 0.6) is 5.75 Å². The van der Waals surface area contributed by atoms with Crippen LogP contribution in [0, 0.1) is 0 Å². The molecule has 0 saturated carbocycles. The zero-order chi connectivity index (χ0) is 28.3. The number of aliphatic hydroxyl groups excluding tert-OH is 1. The van der Waals surface area contributed by atoms with Gasteiger partial charge in [0.25, 0.3) is 0 Å². The van der Waals surface area contributed by atoms with E-state index in [0.29, 0.717) is 5.56 Å². The number of amides is 4. The Labute approximate surface area is 211 Å². The molecule has 0 aliphatic rings. The summed E-state index contributed by atoms with van der Waals surface area (Å²) in [5.41, 5.74) is 11.1. The Morgan fingerprint density at radius 1 is 0.865 bits per heavy atom. The van der Waals surface area contributed by atoms with E-state index in [4.69, 9.17) is 11.5 Å². The molecule has 1 aromatic rings. The summed E-state index contributed by atoms with van der Waals surface area (Å²) in [6.07, 6.45) is -3.14. The van der Waals surface area contributed by atoms with Crippen molar-refractivity contribution in [2.24, 2.45) is 11.5 Å². The number of carboxylic acids is 2. The van der Waals surface area contributed by atoms with E-state index in [0.717, 1.165) is 0 Å². The number of hydrogen-bond donors (Lipinski definition) is 9. The standard InChI is InChI=1S/C22H31N5O10/c1-10(28)18(24)21(35)25-13(6-7-16(23)30)19(33)26-14(9-17(31)32)20(34)27-15(22(36)37)8-11-2-4-12(29)5-3-11/h2-5,10,13-15,18,28-29H,6-9,24H2,1H3,(H2,23,30)(H,25,35)(H,26,33)(H,27,34)(H,31,32)(H,36,37).